The second kappa shape index (κ2) is 10.7. The number of ketones is 1. The maximum atomic E-state index is 12.4. The Morgan fingerprint density at radius 1 is 1.33 bits per heavy atom. The molecular formula is C20H29N3O4. The molecular weight excluding hydrogens is 346 g/mol. The van der Waals surface area contributed by atoms with Crippen LogP contribution >= 0.6 is 0 Å². The molecule has 0 bridgehead atoms. The second-order valence-corrected chi connectivity index (χ2v) is 6.79. The van der Waals surface area contributed by atoms with E-state index in [4.69, 9.17) is 10.5 Å². The molecule has 0 saturated carbocycles. The number of nitrogens with two attached hydrogens (primary N) is 1. The van der Waals surface area contributed by atoms with Gasteiger partial charge in [-0.2, -0.15) is 0 Å². The van der Waals surface area contributed by atoms with Gasteiger partial charge in [-0.1, -0.05) is 12.1 Å². The zero-order chi connectivity index (χ0) is 19.6. The molecule has 1 aromatic carbocycles. The van der Waals surface area contributed by atoms with E-state index in [0.29, 0.717) is 56.9 Å². The number of rotatable bonds is 9. The van der Waals surface area contributed by atoms with Gasteiger partial charge in [0.15, 0.2) is 5.78 Å². The van der Waals surface area contributed by atoms with E-state index in [1.54, 1.807) is 29.2 Å². The number of nitrogens with zero attached hydrogens (tertiary/aromatic N) is 1. The van der Waals surface area contributed by atoms with Crippen molar-refractivity contribution in [3.63, 3.8) is 0 Å². The van der Waals surface area contributed by atoms with Crippen LogP contribution in [0.4, 0.5) is 0 Å². The molecule has 1 aromatic rings. The van der Waals surface area contributed by atoms with Gasteiger partial charge in [-0.3, -0.25) is 14.4 Å². The first kappa shape index (κ1) is 20.9. The molecule has 2 amide bonds. The molecule has 1 aliphatic heterocycles. The van der Waals surface area contributed by atoms with Gasteiger partial charge in [0.1, 0.15) is 5.75 Å². The summed E-state index contributed by atoms with van der Waals surface area (Å²) in [6.45, 7) is 3.96. The molecule has 2 rings (SSSR count). The highest BCUT2D eigenvalue weighted by Crippen LogP contribution is 2.18. The molecule has 0 radical (unpaired) electrons. The third-order valence-electron chi connectivity index (χ3n) is 4.63. The van der Waals surface area contributed by atoms with Gasteiger partial charge in [0.25, 0.3) is 0 Å². The number of Topliss-reactive ketones (excluding diaryl/α,β-unsaturated/α-hetero) is 1. The maximum absolute atomic E-state index is 12.4. The van der Waals surface area contributed by atoms with Crippen molar-refractivity contribution in [3.8, 4) is 5.75 Å². The molecule has 148 valence electrons. The van der Waals surface area contributed by atoms with Crippen molar-refractivity contribution >= 4 is 17.6 Å². The molecule has 7 nitrogen and oxygen atoms in total. The highest BCUT2D eigenvalue weighted by atomic mass is 16.5. The summed E-state index contributed by atoms with van der Waals surface area (Å²) in [5.41, 5.74) is 6.01. The Morgan fingerprint density at radius 2 is 2.15 bits per heavy atom. The summed E-state index contributed by atoms with van der Waals surface area (Å²) in [7, 11) is 0. The van der Waals surface area contributed by atoms with E-state index in [2.05, 4.69) is 5.32 Å². The first-order valence-corrected chi connectivity index (χ1v) is 9.50. The minimum atomic E-state index is -0.153. The van der Waals surface area contributed by atoms with E-state index in [1.165, 1.54) is 6.92 Å². The summed E-state index contributed by atoms with van der Waals surface area (Å²) in [5.74, 6) is 0.495. The Labute approximate surface area is 160 Å². The SMILES string of the molecule is CC(=O)c1cccc(OCCCC(=O)N2CCCC(C(=O)NCCN)C2)c1. The highest BCUT2D eigenvalue weighted by Gasteiger charge is 2.27. The van der Waals surface area contributed by atoms with E-state index in [9.17, 15) is 14.4 Å². The minimum Gasteiger partial charge on any atom is -0.494 e. The summed E-state index contributed by atoms with van der Waals surface area (Å²) in [4.78, 5) is 37.6. The first-order valence-electron chi connectivity index (χ1n) is 9.50. The molecule has 0 aliphatic carbocycles. The molecule has 1 atom stereocenters. The van der Waals surface area contributed by atoms with Crippen LogP contribution in [0.1, 0.15) is 43.0 Å². The number of carbonyl (C=O) groups excluding carboxylic acids is 3. The number of nitrogens with one attached hydrogen (secondary N) is 1. The normalized spacial score (nSPS) is 16.7. The van der Waals surface area contributed by atoms with Crippen LogP contribution in [-0.4, -0.2) is 55.3 Å². The monoisotopic (exact) mass is 375 g/mol. The number of carbonyl (C=O) groups is 3. The summed E-state index contributed by atoms with van der Waals surface area (Å²) in [6.07, 6.45) is 2.60. The summed E-state index contributed by atoms with van der Waals surface area (Å²) >= 11 is 0. The van der Waals surface area contributed by atoms with E-state index in [-0.39, 0.29) is 23.5 Å². The Balaban J connectivity index is 1.73. The summed E-state index contributed by atoms with van der Waals surface area (Å²) in [6, 6.07) is 7.03. The summed E-state index contributed by atoms with van der Waals surface area (Å²) in [5, 5.41) is 2.80. The number of amides is 2. The Hall–Kier alpha value is -2.41. The van der Waals surface area contributed by atoms with Gasteiger partial charge in [-0.25, -0.2) is 0 Å². The number of piperidine rings is 1. The van der Waals surface area contributed by atoms with Crippen molar-refractivity contribution in [1.82, 2.24) is 10.2 Å². The second-order valence-electron chi connectivity index (χ2n) is 6.79. The van der Waals surface area contributed by atoms with Crippen LogP contribution in [0, 0.1) is 5.92 Å². The van der Waals surface area contributed by atoms with Crippen LogP contribution in [0.3, 0.4) is 0 Å². The van der Waals surface area contributed by atoms with Gasteiger partial charge in [0.05, 0.1) is 12.5 Å². The standard InChI is InChI=1S/C20H29N3O4/c1-15(24)16-5-2-7-18(13-16)27-12-4-8-19(25)23-11-3-6-17(14-23)20(26)22-10-9-21/h2,5,7,13,17H,3-4,6,8-12,14,21H2,1H3,(H,22,26). The predicted octanol–water partition coefficient (Wildman–Crippen LogP) is 1.36. The van der Waals surface area contributed by atoms with Gasteiger partial charge >= 0.3 is 0 Å². The Morgan fingerprint density at radius 3 is 2.89 bits per heavy atom. The largest absolute Gasteiger partial charge is 0.494 e. The van der Waals surface area contributed by atoms with Crippen molar-refractivity contribution in [1.29, 1.82) is 0 Å². The van der Waals surface area contributed by atoms with E-state index in [1.807, 2.05) is 0 Å². The fourth-order valence-electron chi connectivity index (χ4n) is 3.13. The topological polar surface area (TPSA) is 102 Å². The number of hydrogen-bond donors (Lipinski definition) is 2. The van der Waals surface area contributed by atoms with Crippen LogP contribution in [0.25, 0.3) is 0 Å². The van der Waals surface area contributed by atoms with Crippen LogP contribution in [0.5, 0.6) is 5.75 Å². The molecule has 3 N–H and O–H groups in total. The third-order valence-corrected chi connectivity index (χ3v) is 4.63. The van der Waals surface area contributed by atoms with E-state index in [0.717, 1.165) is 12.8 Å². The van der Waals surface area contributed by atoms with Gasteiger partial charge < -0.3 is 20.7 Å². The van der Waals surface area contributed by atoms with E-state index < -0.39 is 0 Å². The average molecular weight is 375 g/mol. The molecule has 1 fully saturated rings. The molecule has 7 heteroatoms. The number of likely N-dealkylation sites (tertiary alicyclic amines) is 1. The average Bonchev–Trinajstić information content (AvgIpc) is 2.69. The maximum Gasteiger partial charge on any atom is 0.224 e. The Kier molecular flexibility index (Phi) is 8.26. The third kappa shape index (κ3) is 6.67. The quantitative estimate of drug-likeness (QED) is 0.501. The van der Waals surface area contributed by atoms with Crippen molar-refractivity contribution in [2.45, 2.75) is 32.6 Å². The zero-order valence-corrected chi connectivity index (χ0v) is 15.9. The Bertz CT molecular complexity index is 662. The van der Waals surface area contributed by atoms with Gasteiger partial charge in [0.2, 0.25) is 11.8 Å². The molecule has 1 heterocycles. The zero-order valence-electron chi connectivity index (χ0n) is 15.9. The van der Waals surface area contributed by atoms with Crippen molar-refractivity contribution < 1.29 is 19.1 Å². The first-order chi connectivity index (χ1) is 13.0. The molecule has 1 saturated heterocycles. The van der Waals surface area contributed by atoms with E-state index >= 15 is 0 Å². The van der Waals surface area contributed by atoms with Gasteiger partial charge in [-0.05, 0) is 38.3 Å². The number of hydrogen-bond acceptors (Lipinski definition) is 5. The lowest BCUT2D eigenvalue weighted by Gasteiger charge is -2.32. The predicted molar refractivity (Wildman–Crippen MR) is 103 cm³/mol. The summed E-state index contributed by atoms with van der Waals surface area (Å²) < 4.78 is 5.64. The number of benzene rings is 1. The molecule has 1 aliphatic rings. The lowest BCUT2D eigenvalue weighted by Crippen LogP contribution is -2.46. The van der Waals surface area contributed by atoms with Crippen LogP contribution < -0.4 is 15.8 Å². The lowest BCUT2D eigenvalue weighted by molar-refractivity contribution is -0.135. The fourth-order valence-corrected chi connectivity index (χ4v) is 3.13. The van der Waals surface area contributed by atoms with Crippen LogP contribution in [0.2, 0.25) is 0 Å². The molecule has 0 aromatic heterocycles. The smallest absolute Gasteiger partial charge is 0.224 e. The fraction of sp³-hybridized carbons (Fsp3) is 0.550. The highest BCUT2D eigenvalue weighted by molar-refractivity contribution is 5.94. The molecule has 1 unspecified atom stereocenters. The lowest BCUT2D eigenvalue weighted by atomic mass is 9.96. The van der Waals surface area contributed by atoms with Gasteiger partial charge in [0, 0.05) is 38.2 Å². The molecule has 27 heavy (non-hydrogen) atoms. The van der Waals surface area contributed by atoms with Crippen molar-refractivity contribution in [2.24, 2.45) is 11.7 Å². The minimum absolute atomic E-state index is 0.00854. The van der Waals surface area contributed by atoms with Crippen LogP contribution in [-0.2, 0) is 9.59 Å². The van der Waals surface area contributed by atoms with Crippen molar-refractivity contribution in [3.05, 3.63) is 29.8 Å². The molecule has 0 spiro atoms. The van der Waals surface area contributed by atoms with Crippen LogP contribution in [0.15, 0.2) is 24.3 Å². The van der Waals surface area contributed by atoms with Crippen molar-refractivity contribution in [2.75, 3.05) is 32.8 Å². The number of ether oxygens (including phenoxy) is 1. The van der Waals surface area contributed by atoms with Gasteiger partial charge in [-0.15, -0.1) is 0 Å².